The van der Waals surface area contributed by atoms with Crippen molar-refractivity contribution in [2.45, 2.75) is 19.6 Å². The van der Waals surface area contributed by atoms with E-state index in [1.165, 1.54) is 16.6 Å². The number of ether oxygens (including phenoxy) is 1. The fourth-order valence-electron chi connectivity index (χ4n) is 3.17. The van der Waals surface area contributed by atoms with Crippen molar-refractivity contribution in [2.24, 2.45) is 0 Å². The Morgan fingerprint density at radius 2 is 2.00 bits per heavy atom. The van der Waals surface area contributed by atoms with E-state index < -0.39 is 0 Å². The lowest BCUT2D eigenvalue weighted by atomic mass is 10.1. The zero-order valence-corrected chi connectivity index (χ0v) is 14.7. The molecule has 0 aliphatic carbocycles. The van der Waals surface area contributed by atoms with E-state index in [0.29, 0.717) is 19.7 Å². The smallest absolute Gasteiger partial charge is 0.410 e. The number of carbonyl (C=O) groups excluding carboxylic acids is 1. The molecule has 4 rings (SSSR count). The normalized spacial score (nSPS) is 13.8. The molecule has 0 atom stereocenters. The van der Waals surface area contributed by atoms with Crippen molar-refractivity contribution < 1.29 is 9.53 Å². The number of hydrogen-bond donors (Lipinski definition) is 1. The topological polar surface area (TPSA) is 45.3 Å². The number of nitrogens with zero attached hydrogens (tertiary/aromatic N) is 1. The van der Waals surface area contributed by atoms with E-state index >= 15 is 0 Å². The summed E-state index contributed by atoms with van der Waals surface area (Å²) in [5, 5.41) is 1.17. The van der Waals surface area contributed by atoms with Crippen LogP contribution in [0, 0.1) is 0 Å². The minimum atomic E-state index is -0.256. The van der Waals surface area contributed by atoms with Gasteiger partial charge in [-0.25, -0.2) is 4.79 Å². The summed E-state index contributed by atoms with van der Waals surface area (Å²) in [6.07, 6.45) is 0.561. The number of fused-ring (bicyclic) bond motifs is 3. The Morgan fingerprint density at radius 1 is 1.17 bits per heavy atom. The Kier molecular flexibility index (Phi) is 4.02. The molecule has 1 aliphatic heterocycles. The van der Waals surface area contributed by atoms with Gasteiger partial charge in [-0.05, 0) is 27.6 Å². The average Bonchev–Trinajstić information content (AvgIpc) is 3.00. The van der Waals surface area contributed by atoms with E-state index in [-0.39, 0.29) is 6.09 Å². The summed E-state index contributed by atoms with van der Waals surface area (Å²) in [7, 11) is 0. The van der Waals surface area contributed by atoms with Crippen LogP contribution < -0.4 is 0 Å². The maximum absolute atomic E-state index is 12.4. The van der Waals surface area contributed by atoms with Crippen LogP contribution in [0.4, 0.5) is 4.79 Å². The SMILES string of the molecule is O=C(OCc1ccccc1)N1CCc2[nH]c3c(Br)cccc3c2C1. The van der Waals surface area contributed by atoms with Gasteiger partial charge in [-0.2, -0.15) is 0 Å². The van der Waals surface area contributed by atoms with Crippen molar-refractivity contribution >= 4 is 32.9 Å². The minimum Gasteiger partial charge on any atom is -0.445 e. The highest BCUT2D eigenvalue weighted by Crippen LogP contribution is 2.31. The number of para-hydroxylation sites is 1. The lowest BCUT2D eigenvalue weighted by Gasteiger charge is -2.26. The predicted molar refractivity (Wildman–Crippen MR) is 96.7 cm³/mol. The quantitative estimate of drug-likeness (QED) is 0.700. The molecule has 24 heavy (non-hydrogen) atoms. The largest absolute Gasteiger partial charge is 0.445 e. The number of amides is 1. The molecule has 3 aromatic rings. The molecule has 5 heteroatoms. The van der Waals surface area contributed by atoms with Crippen LogP contribution in [0.1, 0.15) is 16.8 Å². The average molecular weight is 385 g/mol. The summed E-state index contributed by atoms with van der Waals surface area (Å²) >= 11 is 3.58. The molecule has 0 radical (unpaired) electrons. The van der Waals surface area contributed by atoms with Gasteiger partial charge in [0.1, 0.15) is 6.61 Å². The number of aromatic nitrogens is 1. The maximum atomic E-state index is 12.4. The first kappa shape index (κ1) is 15.3. The van der Waals surface area contributed by atoms with E-state index in [9.17, 15) is 4.79 Å². The Morgan fingerprint density at radius 3 is 2.83 bits per heavy atom. The van der Waals surface area contributed by atoms with Crippen molar-refractivity contribution in [3.05, 3.63) is 69.8 Å². The van der Waals surface area contributed by atoms with Crippen molar-refractivity contribution in [1.29, 1.82) is 0 Å². The molecule has 122 valence electrons. The molecule has 1 N–H and O–H groups in total. The van der Waals surface area contributed by atoms with Crippen LogP contribution in [0.3, 0.4) is 0 Å². The highest BCUT2D eigenvalue weighted by atomic mass is 79.9. The Bertz CT molecular complexity index is 889. The molecule has 1 aliphatic rings. The maximum Gasteiger partial charge on any atom is 0.410 e. The van der Waals surface area contributed by atoms with E-state index in [0.717, 1.165) is 22.0 Å². The summed E-state index contributed by atoms with van der Waals surface area (Å²) in [6.45, 7) is 1.56. The summed E-state index contributed by atoms with van der Waals surface area (Å²) in [4.78, 5) is 17.6. The molecule has 2 aromatic carbocycles. The second kappa shape index (κ2) is 6.32. The van der Waals surface area contributed by atoms with Gasteiger partial charge in [0.05, 0.1) is 12.1 Å². The standard InChI is InChI=1S/C19H17BrN2O2/c20-16-8-4-7-14-15-11-22(10-9-17(15)21-18(14)16)19(23)24-12-13-5-2-1-3-6-13/h1-8,21H,9-12H2. The minimum absolute atomic E-state index is 0.256. The van der Waals surface area contributed by atoms with Crippen molar-refractivity contribution in [2.75, 3.05) is 6.54 Å². The number of halogens is 1. The fourth-order valence-corrected chi connectivity index (χ4v) is 3.63. The zero-order chi connectivity index (χ0) is 16.5. The molecule has 4 nitrogen and oxygen atoms in total. The fraction of sp³-hybridized carbons (Fsp3) is 0.211. The summed E-state index contributed by atoms with van der Waals surface area (Å²) in [5.74, 6) is 0. The third-order valence-corrected chi connectivity index (χ3v) is 5.08. The molecule has 0 saturated carbocycles. The van der Waals surface area contributed by atoms with Crippen LogP contribution in [0.25, 0.3) is 10.9 Å². The molecule has 0 bridgehead atoms. The highest BCUT2D eigenvalue weighted by molar-refractivity contribution is 9.10. The zero-order valence-electron chi connectivity index (χ0n) is 13.1. The van der Waals surface area contributed by atoms with Gasteiger partial charge in [-0.1, -0.05) is 42.5 Å². The Labute approximate surface area is 148 Å². The van der Waals surface area contributed by atoms with Gasteiger partial charge in [0, 0.05) is 34.1 Å². The number of hydrogen-bond acceptors (Lipinski definition) is 2. The number of H-pyrrole nitrogens is 1. The monoisotopic (exact) mass is 384 g/mol. The molecular weight excluding hydrogens is 368 g/mol. The molecule has 0 fully saturated rings. The second-order valence-electron chi connectivity index (χ2n) is 5.96. The van der Waals surface area contributed by atoms with E-state index in [1.807, 2.05) is 42.5 Å². The first-order valence-electron chi connectivity index (χ1n) is 7.96. The van der Waals surface area contributed by atoms with Gasteiger partial charge in [-0.3, -0.25) is 0 Å². The van der Waals surface area contributed by atoms with Crippen LogP contribution in [-0.4, -0.2) is 22.5 Å². The first-order chi connectivity index (χ1) is 11.7. The van der Waals surface area contributed by atoms with Crippen molar-refractivity contribution in [3.63, 3.8) is 0 Å². The summed E-state index contributed by atoms with van der Waals surface area (Å²) < 4.78 is 6.51. The van der Waals surface area contributed by atoms with Gasteiger partial charge < -0.3 is 14.6 Å². The first-order valence-corrected chi connectivity index (χ1v) is 8.75. The van der Waals surface area contributed by atoms with Gasteiger partial charge >= 0.3 is 6.09 Å². The Hall–Kier alpha value is -2.27. The van der Waals surface area contributed by atoms with Gasteiger partial charge in [0.15, 0.2) is 0 Å². The summed E-state index contributed by atoms with van der Waals surface area (Å²) in [6, 6.07) is 15.9. The number of benzene rings is 2. The Balaban J connectivity index is 1.50. The van der Waals surface area contributed by atoms with Crippen molar-refractivity contribution in [3.8, 4) is 0 Å². The van der Waals surface area contributed by atoms with Gasteiger partial charge in [-0.15, -0.1) is 0 Å². The highest BCUT2D eigenvalue weighted by Gasteiger charge is 2.25. The van der Waals surface area contributed by atoms with E-state index in [2.05, 4.69) is 27.0 Å². The molecule has 1 amide bonds. The number of nitrogens with one attached hydrogen (secondary N) is 1. The van der Waals surface area contributed by atoms with Crippen LogP contribution in [0.5, 0.6) is 0 Å². The lowest BCUT2D eigenvalue weighted by Crippen LogP contribution is -2.36. The van der Waals surface area contributed by atoms with E-state index in [4.69, 9.17) is 4.74 Å². The van der Waals surface area contributed by atoms with Crippen molar-refractivity contribution in [1.82, 2.24) is 9.88 Å². The number of aromatic amines is 1. The van der Waals surface area contributed by atoms with Crippen LogP contribution >= 0.6 is 15.9 Å². The third kappa shape index (κ3) is 2.80. The van der Waals surface area contributed by atoms with Crippen LogP contribution in [0.15, 0.2) is 53.0 Å². The van der Waals surface area contributed by atoms with Gasteiger partial charge in [0.25, 0.3) is 0 Å². The molecular formula is C19H17BrN2O2. The second-order valence-corrected chi connectivity index (χ2v) is 6.81. The molecule has 0 unspecified atom stereocenters. The predicted octanol–water partition coefficient (Wildman–Crippen LogP) is 4.63. The van der Waals surface area contributed by atoms with Crippen LogP contribution in [0.2, 0.25) is 0 Å². The molecule has 0 saturated heterocycles. The summed E-state index contributed by atoms with van der Waals surface area (Å²) in [5.41, 5.74) is 4.50. The third-order valence-electron chi connectivity index (χ3n) is 4.42. The van der Waals surface area contributed by atoms with E-state index in [1.54, 1.807) is 4.90 Å². The van der Waals surface area contributed by atoms with Crippen LogP contribution in [-0.2, 0) is 24.3 Å². The lowest BCUT2D eigenvalue weighted by molar-refractivity contribution is 0.0919. The number of carbonyl (C=O) groups is 1. The molecule has 0 spiro atoms. The molecule has 1 aromatic heterocycles. The number of rotatable bonds is 2. The van der Waals surface area contributed by atoms with Gasteiger partial charge in [0.2, 0.25) is 0 Å². The molecule has 2 heterocycles.